The van der Waals surface area contributed by atoms with E-state index in [2.05, 4.69) is 11.8 Å². The number of ether oxygens (including phenoxy) is 2. The second kappa shape index (κ2) is 18.3. The van der Waals surface area contributed by atoms with Crippen LogP contribution in [0.25, 0.3) is 0 Å². The summed E-state index contributed by atoms with van der Waals surface area (Å²) in [6, 6.07) is 11.5. The molecule has 4 aromatic rings. The number of unbranched alkanes of at least 4 members (excludes halogenated alkanes) is 6. The summed E-state index contributed by atoms with van der Waals surface area (Å²) in [5.74, 6) is -10.3. The van der Waals surface area contributed by atoms with Gasteiger partial charge in [0.2, 0.25) is 0 Å². The van der Waals surface area contributed by atoms with Crippen molar-refractivity contribution in [2.45, 2.75) is 57.3 Å². The molecule has 16 heteroatoms. The molecule has 0 unspecified atom stereocenters. The van der Waals surface area contributed by atoms with Crippen LogP contribution in [0.5, 0.6) is 11.5 Å². The van der Waals surface area contributed by atoms with Gasteiger partial charge >= 0.3 is 12.4 Å². The quantitative estimate of drug-likeness (QED) is 0.0616. The van der Waals surface area contributed by atoms with Gasteiger partial charge in [0.15, 0.2) is 46.5 Å². The minimum atomic E-state index is -5.65. The summed E-state index contributed by atoms with van der Waals surface area (Å²) in [7, 11) is 0. The molecule has 292 valence electrons. The van der Waals surface area contributed by atoms with Gasteiger partial charge in [-0.05, 0) is 61.4 Å². The van der Waals surface area contributed by atoms with Gasteiger partial charge < -0.3 is 9.47 Å². The Hall–Kier alpha value is -5.38. The van der Waals surface area contributed by atoms with E-state index in [-0.39, 0.29) is 11.1 Å². The number of halogens is 14. The molecule has 0 fully saturated rings. The Labute approximate surface area is 305 Å². The Kier molecular flexibility index (Phi) is 14.1. The molecule has 55 heavy (non-hydrogen) atoms. The topological polar surface area (TPSA) is 18.5 Å². The van der Waals surface area contributed by atoms with Gasteiger partial charge in [-0.1, -0.05) is 55.8 Å². The lowest BCUT2D eigenvalue weighted by Gasteiger charge is -2.11. The highest BCUT2D eigenvalue weighted by Gasteiger charge is 2.43. The van der Waals surface area contributed by atoms with E-state index in [0.717, 1.165) is 44.9 Å². The molecule has 4 rings (SSSR count). The van der Waals surface area contributed by atoms with E-state index in [1.54, 1.807) is 0 Å². The van der Waals surface area contributed by atoms with E-state index in [4.69, 9.17) is 9.47 Å². The van der Waals surface area contributed by atoms with Gasteiger partial charge in [0.05, 0.1) is 13.2 Å². The van der Waals surface area contributed by atoms with E-state index >= 15 is 0 Å². The van der Waals surface area contributed by atoms with E-state index in [1.807, 2.05) is 11.8 Å². The molecule has 0 heterocycles. The average molecular weight is 793 g/mol. The molecule has 0 saturated carbocycles. The fourth-order valence-electron chi connectivity index (χ4n) is 4.99. The van der Waals surface area contributed by atoms with Crippen LogP contribution < -0.4 is 9.47 Å². The second-order valence-electron chi connectivity index (χ2n) is 11.7. The lowest BCUT2D eigenvalue weighted by atomic mass is 10.1. The Balaban J connectivity index is 1.11. The Bertz CT molecular complexity index is 1890. The van der Waals surface area contributed by atoms with Crippen LogP contribution in [-0.4, -0.2) is 13.2 Å². The molecule has 0 aliphatic heterocycles. The molecule has 0 bridgehead atoms. The standard InChI is InChI=1S/C39H26F14O2/c40-30-26(31(41)35(45)28(34(30)44)38(48,49)50)18-12-22-8-14-24(15-9-22)54-20-6-4-2-1-3-5-7-21-55-25-16-10-23(11-17-25)13-19-27-32(42)36(46)29(39(51,52)53)37(47)33(27)43/h8-11,14-17H,1-7,20-21H2. The highest BCUT2D eigenvalue weighted by Crippen LogP contribution is 2.38. The third kappa shape index (κ3) is 10.9. The number of benzene rings is 4. The fourth-order valence-corrected chi connectivity index (χ4v) is 4.99. The van der Waals surface area contributed by atoms with Crippen molar-refractivity contribution in [3.05, 3.63) is 128 Å². The predicted molar refractivity (Wildman–Crippen MR) is 171 cm³/mol. The molecule has 4 aromatic carbocycles. The third-order valence-electron chi connectivity index (χ3n) is 7.79. The molecule has 0 atom stereocenters. The van der Waals surface area contributed by atoms with E-state index < -0.39 is 81.1 Å². The zero-order valence-electron chi connectivity index (χ0n) is 28.1. The largest absolute Gasteiger partial charge is 0.494 e. The first-order chi connectivity index (χ1) is 25.9. The van der Waals surface area contributed by atoms with E-state index in [0.29, 0.717) is 24.7 Å². The minimum Gasteiger partial charge on any atom is -0.494 e. The first-order valence-corrected chi connectivity index (χ1v) is 16.3. The van der Waals surface area contributed by atoms with Crippen molar-refractivity contribution < 1.29 is 70.9 Å². The monoisotopic (exact) mass is 792 g/mol. The zero-order chi connectivity index (χ0) is 40.5. The number of rotatable bonds is 12. The first-order valence-electron chi connectivity index (χ1n) is 16.3. The smallest absolute Gasteiger partial charge is 0.422 e. The molecule has 0 saturated heterocycles. The van der Waals surface area contributed by atoms with Crippen molar-refractivity contribution in [2.24, 2.45) is 0 Å². The van der Waals surface area contributed by atoms with E-state index in [9.17, 15) is 61.5 Å². The maximum absolute atomic E-state index is 14.0. The molecule has 0 N–H and O–H groups in total. The summed E-state index contributed by atoms with van der Waals surface area (Å²) >= 11 is 0. The van der Waals surface area contributed by atoms with Gasteiger partial charge in [-0.25, -0.2) is 35.1 Å². The number of alkyl halides is 6. The van der Waals surface area contributed by atoms with E-state index in [1.165, 1.54) is 48.5 Å². The summed E-state index contributed by atoms with van der Waals surface area (Å²) in [5.41, 5.74) is -8.01. The summed E-state index contributed by atoms with van der Waals surface area (Å²) in [5, 5.41) is 0. The molecule has 0 aliphatic rings. The Morgan fingerprint density at radius 1 is 0.364 bits per heavy atom. The Morgan fingerprint density at radius 3 is 0.909 bits per heavy atom. The summed E-state index contributed by atoms with van der Waals surface area (Å²) < 4.78 is 199. The number of hydrogen-bond donors (Lipinski definition) is 0. The van der Waals surface area contributed by atoms with Gasteiger partial charge in [-0.3, -0.25) is 0 Å². The van der Waals surface area contributed by atoms with Gasteiger partial charge in [0, 0.05) is 11.1 Å². The lowest BCUT2D eigenvalue weighted by Crippen LogP contribution is -2.16. The van der Waals surface area contributed by atoms with Crippen molar-refractivity contribution in [3.63, 3.8) is 0 Å². The molecule has 0 aromatic heterocycles. The predicted octanol–water partition coefficient (Wildman–Crippen LogP) is 11.8. The van der Waals surface area contributed by atoms with Crippen LogP contribution in [0.2, 0.25) is 0 Å². The van der Waals surface area contributed by atoms with Crippen LogP contribution in [0.3, 0.4) is 0 Å². The minimum absolute atomic E-state index is 0.148. The molecule has 0 aliphatic carbocycles. The molecular weight excluding hydrogens is 766 g/mol. The van der Waals surface area contributed by atoms with Crippen LogP contribution >= 0.6 is 0 Å². The van der Waals surface area contributed by atoms with Crippen LogP contribution in [0, 0.1) is 70.2 Å². The number of hydrogen-bond acceptors (Lipinski definition) is 2. The van der Waals surface area contributed by atoms with Crippen LogP contribution in [0.15, 0.2) is 48.5 Å². The highest BCUT2D eigenvalue weighted by atomic mass is 19.4. The molecule has 0 spiro atoms. The maximum Gasteiger partial charge on any atom is 0.422 e. The highest BCUT2D eigenvalue weighted by molar-refractivity contribution is 5.49. The summed E-state index contributed by atoms with van der Waals surface area (Å²) in [4.78, 5) is 0. The third-order valence-corrected chi connectivity index (χ3v) is 7.79. The van der Waals surface area contributed by atoms with Crippen LogP contribution in [0.4, 0.5) is 61.5 Å². The molecule has 0 radical (unpaired) electrons. The van der Waals surface area contributed by atoms with Crippen molar-refractivity contribution in [1.29, 1.82) is 0 Å². The summed E-state index contributed by atoms with van der Waals surface area (Å²) in [6.45, 7) is 0.757. The zero-order valence-corrected chi connectivity index (χ0v) is 28.1. The van der Waals surface area contributed by atoms with Crippen molar-refractivity contribution >= 4 is 0 Å². The summed E-state index contributed by atoms with van der Waals surface area (Å²) in [6.07, 6.45) is -5.29. The van der Waals surface area contributed by atoms with Gasteiger partial charge in [0.25, 0.3) is 0 Å². The maximum atomic E-state index is 14.0. The fraction of sp³-hybridized carbons (Fsp3) is 0.282. The first kappa shape index (κ1) is 42.4. The van der Waals surface area contributed by atoms with Gasteiger partial charge in [-0.15, -0.1) is 0 Å². The van der Waals surface area contributed by atoms with Crippen molar-refractivity contribution in [2.75, 3.05) is 13.2 Å². The average Bonchev–Trinajstić information content (AvgIpc) is 3.12. The van der Waals surface area contributed by atoms with Crippen LogP contribution in [0.1, 0.15) is 78.3 Å². The van der Waals surface area contributed by atoms with Gasteiger partial charge in [0.1, 0.15) is 33.8 Å². The SMILES string of the molecule is Fc1c(F)c(C(F)(F)F)c(F)c(F)c1C#Cc1ccc(OCCCCCCCCCOc2ccc(C#Cc3c(F)c(F)c(C(F)(F)F)c(F)c3F)cc2)cc1. The van der Waals surface area contributed by atoms with Crippen LogP contribution in [-0.2, 0) is 12.4 Å². The van der Waals surface area contributed by atoms with Crippen molar-refractivity contribution in [3.8, 4) is 35.2 Å². The van der Waals surface area contributed by atoms with Gasteiger partial charge in [-0.2, -0.15) is 26.3 Å². The Morgan fingerprint density at radius 2 is 0.636 bits per heavy atom. The molecule has 0 amide bonds. The molecular formula is C39H26F14O2. The normalized spacial score (nSPS) is 11.5. The lowest BCUT2D eigenvalue weighted by molar-refractivity contribution is -0.144. The molecule has 2 nitrogen and oxygen atoms in total. The van der Waals surface area contributed by atoms with Crippen molar-refractivity contribution in [1.82, 2.24) is 0 Å². The second-order valence-corrected chi connectivity index (χ2v) is 11.7.